The summed E-state index contributed by atoms with van der Waals surface area (Å²) in [5.74, 6) is -0.561. The number of rotatable bonds is 6. The standard InChI is InChI=1S/C18H23ClN4O2S/c1-11(9-16-12(2)22-23(4)13(16)3)18(25)21-20-17(24)10-26-15-7-5-14(19)6-8-15/h5-8,11H,9-10H2,1-4H3,(H,20,24)(H,21,25)/t11-/m1/s1. The van der Waals surface area contributed by atoms with E-state index in [1.165, 1.54) is 11.8 Å². The first-order chi connectivity index (χ1) is 12.3. The van der Waals surface area contributed by atoms with Crippen molar-refractivity contribution in [3.05, 3.63) is 46.2 Å². The molecule has 0 aliphatic carbocycles. The van der Waals surface area contributed by atoms with Gasteiger partial charge in [-0.15, -0.1) is 11.8 Å². The third kappa shape index (κ3) is 5.51. The second-order valence-electron chi connectivity index (χ2n) is 6.16. The van der Waals surface area contributed by atoms with Gasteiger partial charge in [-0.25, -0.2) is 0 Å². The van der Waals surface area contributed by atoms with Gasteiger partial charge >= 0.3 is 0 Å². The lowest BCUT2D eigenvalue weighted by Crippen LogP contribution is -2.45. The molecule has 8 heteroatoms. The number of thioether (sulfide) groups is 1. The number of halogens is 1. The van der Waals surface area contributed by atoms with Gasteiger partial charge in [0.15, 0.2) is 0 Å². The Bertz CT molecular complexity index is 789. The number of aryl methyl sites for hydroxylation is 2. The summed E-state index contributed by atoms with van der Waals surface area (Å²) in [7, 11) is 1.88. The summed E-state index contributed by atoms with van der Waals surface area (Å²) in [4.78, 5) is 25.0. The van der Waals surface area contributed by atoms with Crippen LogP contribution in [0.5, 0.6) is 0 Å². The summed E-state index contributed by atoms with van der Waals surface area (Å²) >= 11 is 7.20. The number of nitrogens with zero attached hydrogens (tertiary/aromatic N) is 2. The summed E-state index contributed by atoms with van der Waals surface area (Å²) in [5, 5.41) is 5.01. The van der Waals surface area contributed by atoms with Crippen LogP contribution in [-0.4, -0.2) is 27.3 Å². The molecule has 26 heavy (non-hydrogen) atoms. The van der Waals surface area contributed by atoms with Crippen LogP contribution in [-0.2, 0) is 23.1 Å². The van der Waals surface area contributed by atoms with Crippen molar-refractivity contribution in [3.8, 4) is 0 Å². The zero-order valence-electron chi connectivity index (χ0n) is 15.3. The molecule has 0 saturated carbocycles. The third-order valence-electron chi connectivity index (χ3n) is 4.13. The first kappa shape index (κ1) is 20.3. The van der Waals surface area contributed by atoms with Gasteiger partial charge in [-0.1, -0.05) is 18.5 Å². The molecule has 1 atom stereocenters. The van der Waals surface area contributed by atoms with E-state index in [0.29, 0.717) is 11.4 Å². The molecule has 0 spiro atoms. The highest BCUT2D eigenvalue weighted by Gasteiger charge is 2.19. The molecule has 0 aliphatic rings. The molecule has 0 radical (unpaired) electrons. The van der Waals surface area contributed by atoms with Gasteiger partial charge in [-0.2, -0.15) is 5.10 Å². The van der Waals surface area contributed by atoms with Gasteiger partial charge in [0.25, 0.3) is 0 Å². The zero-order valence-corrected chi connectivity index (χ0v) is 16.9. The molecule has 0 saturated heterocycles. The van der Waals surface area contributed by atoms with E-state index >= 15 is 0 Å². The number of carbonyl (C=O) groups excluding carboxylic acids is 2. The van der Waals surface area contributed by atoms with Crippen LogP contribution in [0.1, 0.15) is 23.9 Å². The van der Waals surface area contributed by atoms with Crippen molar-refractivity contribution < 1.29 is 9.59 Å². The van der Waals surface area contributed by atoms with Gasteiger partial charge in [-0.05, 0) is 50.1 Å². The van der Waals surface area contributed by atoms with Crippen LogP contribution in [0.4, 0.5) is 0 Å². The van der Waals surface area contributed by atoms with Crippen molar-refractivity contribution in [2.24, 2.45) is 13.0 Å². The van der Waals surface area contributed by atoms with E-state index in [2.05, 4.69) is 16.0 Å². The van der Waals surface area contributed by atoms with Crippen molar-refractivity contribution in [1.29, 1.82) is 0 Å². The van der Waals surface area contributed by atoms with Gasteiger partial charge in [0, 0.05) is 28.6 Å². The van der Waals surface area contributed by atoms with Crippen molar-refractivity contribution in [2.75, 3.05) is 5.75 Å². The Labute approximate surface area is 162 Å². The monoisotopic (exact) mass is 394 g/mol. The van der Waals surface area contributed by atoms with E-state index < -0.39 is 0 Å². The molecule has 0 unspecified atom stereocenters. The lowest BCUT2D eigenvalue weighted by Gasteiger charge is -2.13. The van der Waals surface area contributed by atoms with E-state index in [4.69, 9.17) is 11.6 Å². The Morgan fingerprint density at radius 2 is 1.88 bits per heavy atom. The van der Waals surface area contributed by atoms with E-state index in [-0.39, 0.29) is 23.5 Å². The minimum atomic E-state index is -0.277. The summed E-state index contributed by atoms with van der Waals surface area (Å²) in [6, 6.07) is 7.24. The van der Waals surface area contributed by atoms with Gasteiger partial charge in [0.2, 0.25) is 11.8 Å². The molecule has 2 amide bonds. The maximum Gasteiger partial charge on any atom is 0.248 e. The molecule has 6 nitrogen and oxygen atoms in total. The molecule has 2 aromatic rings. The smallest absolute Gasteiger partial charge is 0.248 e. The maximum atomic E-state index is 12.2. The highest BCUT2D eigenvalue weighted by molar-refractivity contribution is 8.00. The van der Waals surface area contributed by atoms with E-state index in [9.17, 15) is 9.59 Å². The van der Waals surface area contributed by atoms with Crippen LogP contribution in [0, 0.1) is 19.8 Å². The highest BCUT2D eigenvalue weighted by atomic mass is 35.5. The minimum Gasteiger partial charge on any atom is -0.273 e. The molecular formula is C18H23ClN4O2S. The lowest BCUT2D eigenvalue weighted by atomic mass is 9.99. The Balaban J connectivity index is 1.78. The second kappa shape index (κ2) is 9.09. The van der Waals surface area contributed by atoms with Crippen molar-refractivity contribution in [1.82, 2.24) is 20.6 Å². The fraction of sp³-hybridized carbons (Fsp3) is 0.389. The Kier molecular flexibility index (Phi) is 7.11. The predicted molar refractivity (Wildman–Crippen MR) is 104 cm³/mol. The van der Waals surface area contributed by atoms with Crippen LogP contribution in [0.2, 0.25) is 5.02 Å². The first-order valence-electron chi connectivity index (χ1n) is 8.24. The van der Waals surface area contributed by atoms with Crippen molar-refractivity contribution >= 4 is 35.2 Å². The highest BCUT2D eigenvalue weighted by Crippen LogP contribution is 2.20. The lowest BCUT2D eigenvalue weighted by molar-refractivity contribution is -0.129. The van der Waals surface area contributed by atoms with Crippen LogP contribution in [0.3, 0.4) is 0 Å². The average Bonchev–Trinajstić information content (AvgIpc) is 2.85. The zero-order chi connectivity index (χ0) is 19.3. The summed E-state index contributed by atoms with van der Waals surface area (Å²) in [6.07, 6.45) is 0.576. The van der Waals surface area contributed by atoms with Gasteiger partial charge < -0.3 is 0 Å². The largest absolute Gasteiger partial charge is 0.273 e. The number of benzene rings is 1. The van der Waals surface area contributed by atoms with Gasteiger partial charge in [0.05, 0.1) is 11.4 Å². The molecule has 2 rings (SSSR count). The molecule has 1 aromatic heterocycles. The predicted octanol–water partition coefficient (Wildman–Crippen LogP) is 2.81. The molecule has 0 aliphatic heterocycles. The molecule has 1 aromatic carbocycles. The molecule has 0 fully saturated rings. The Morgan fingerprint density at radius 1 is 1.23 bits per heavy atom. The number of hydrazine groups is 1. The van der Waals surface area contributed by atoms with Crippen LogP contribution < -0.4 is 10.9 Å². The third-order valence-corrected chi connectivity index (χ3v) is 5.39. The number of hydrogen-bond acceptors (Lipinski definition) is 4. The summed E-state index contributed by atoms with van der Waals surface area (Å²) < 4.78 is 1.81. The van der Waals surface area contributed by atoms with Crippen LogP contribution >= 0.6 is 23.4 Å². The number of hydrogen-bond donors (Lipinski definition) is 2. The van der Waals surface area contributed by atoms with Gasteiger partial charge in [0.1, 0.15) is 0 Å². The first-order valence-corrected chi connectivity index (χ1v) is 9.60. The van der Waals surface area contributed by atoms with Crippen molar-refractivity contribution in [3.63, 3.8) is 0 Å². The molecule has 0 bridgehead atoms. The van der Waals surface area contributed by atoms with Crippen LogP contribution in [0.25, 0.3) is 0 Å². The molecule has 2 N–H and O–H groups in total. The Morgan fingerprint density at radius 3 is 2.46 bits per heavy atom. The molecule has 1 heterocycles. The molecule has 140 valence electrons. The molecular weight excluding hydrogens is 372 g/mol. The van der Waals surface area contributed by atoms with Crippen molar-refractivity contribution in [2.45, 2.75) is 32.1 Å². The summed E-state index contributed by atoms with van der Waals surface area (Å²) in [6.45, 7) is 5.74. The average molecular weight is 395 g/mol. The maximum absolute atomic E-state index is 12.2. The normalized spacial score (nSPS) is 11.9. The number of nitrogens with one attached hydrogen (secondary N) is 2. The quantitative estimate of drug-likeness (QED) is 0.583. The number of carbonyl (C=O) groups is 2. The van der Waals surface area contributed by atoms with E-state index in [1.807, 2.05) is 44.6 Å². The minimum absolute atomic E-state index is 0.205. The van der Waals surface area contributed by atoms with E-state index in [1.54, 1.807) is 12.1 Å². The van der Waals surface area contributed by atoms with E-state index in [0.717, 1.165) is 21.8 Å². The Hall–Kier alpha value is -1.99. The van der Waals surface area contributed by atoms with Gasteiger partial charge in [-0.3, -0.25) is 25.1 Å². The number of amides is 2. The van der Waals surface area contributed by atoms with Crippen LogP contribution in [0.15, 0.2) is 29.2 Å². The summed E-state index contributed by atoms with van der Waals surface area (Å²) in [5.41, 5.74) is 7.99. The number of aromatic nitrogens is 2. The second-order valence-corrected chi connectivity index (χ2v) is 7.64. The SMILES string of the molecule is Cc1nn(C)c(C)c1C[C@@H](C)C(=O)NNC(=O)CSc1ccc(Cl)cc1. The topological polar surface area (TPSA) is 76.0 Å². The fourth-order valence-corrected chi connectivity index (χ4v) is 3.31. The fourth-order valence-electron chi connectivity index (χ4n) is 2.48.